The Morgan fingerprint density at radius 1 is 0.738 bits per heavy atom. The summed E-state index contributed by atoms with van der Waals surface area (Å²) in [5, 5.41) is 0. The van der Waals surface area contributed by atoms with Gasteiger partial charge in [-0.2, -0.15) is 4.98 Å². The minimum absolute atomic E-state index is 0.134. The summed E-state index contributed by atoms with van der Waals surface area (Å²) in [5.41, 5.74) is 11.6. The molecule has 4 N–H and O–H groups in total. The largest absolute Gasteiger partial charge is 0.459 e. The van der Waals surface area contributed by atoms with Crippen LogP contribution in [-0.2, 0) is 18.9 Å². The molecule has 214 valence electrons. The standard InChI is InChI=1S/C30H26N4O8/c31-22-16-23(32)34(30(38)33-22)26-25(42-29(37)20-14-8-3-9-15-20)24(41-28(36)19-12-6-2-7-13-19)21(40-26)17-39-27(35)18-10-4-1-5-11-18/h1-16,21,24-26H,17,32H2,(H2,31,33,38). The maximum atomic E-state index is 13.2. The van der Waals surface area contributed by atoms with Gasteiger partial charge in [0.2, 0.25) is 0 Å². The summed E-state index contributed by atoms with van der Waals surface area (Å²) >= 11 is 0. The molecule has 3 aromatic carbocycles. The van der Waals surface area contributed by atoms with Crippen molar-refractivity contribution >= 4 is 29.5 Å². The Morgan fingerprint density at radius 3 is 1.71 bits per heavy atom. The molecule has 0 radical (unpaired) electrons. The van der Waals surface area contributed by atoms with E-state index in [9.17, 15) is 19.2 Å². The zero-order valence-corrected chi connectivity index (χ0v) is 22.1. The van der Waals surface area contributed by atoms with E-state index in [4.69, 9.17) is 30.4 Å². The highest BCUT2D eigenvalue weighted by Gasteiger charge is 2.52. The Kier molecular flexibility index (Phi) is 8.25. The normalized spacial score (nSPS) is 19.5. The number of ether oxygens (including phenoxy) is 4. The van der Waals surface area contributed by atoms with Crippen molar-refractivity contribution in [3.05, 3.63) is 124 Å². The van der Waals surface area contributed by atoms with Crippen molar-refractivity contribution in [3.63, 3.8) is 0 Å². The molecular formula is C30H26N4O8. The highest BCUT2D eigenvalue weighted by molar-refractivity contribution is 5.91. The van der Waals surface area contributed by atoms with E-state index in [1.165, 1.54) is 30.3 Å². The lowest BCUT2D eigenvalue weighted by atomic mass is 10.1. The van der Waals surface area contributed by atoms with Crippen LogP contribution in [0.2, 0.25) is 0 Å². The van der Waals surface area contributed by atoms with Crippen LogP contribution in [0.5, 0.6) is 0 Å². The third kappa shape index (κ3) is 6.13. The Balaban J connectivity index is 1.52. The summed E-state index contributed by atoms with van der Waals surface area (Å²) in [6.07, 6.45) is -5.38. The minimum atomic E-state index is -1.42. The SMILES string of the molecule is Nc1cc(N)n(C2OC(COC(=O)c3ccccc3)C(OC(=O)c3ccccc3)C2OC(=O)c2ccccc2)c(=O)n1. The number of esters is 3. The number of nitrogens with zero attached hydrogens (tertiary/aromatic N) is 2. The van der Waals surface area contributed by atoms with E-state index in [0.717, 1.165) is 4.57 Å². The first-order valence-corrected chi connectivity index (χ1v) is 12.9. The van der Waals surface area contributed by atoms with E-state index in [1.807, 2.05) is 0 Å². The topological polar surface area (TPSA) is 175 Å². The number of nitrogen functional groups attached to an aromatic ring is 2. The van der Waals surface area contributed by atoms with Crippen LogP contribution >= 0.6 is 0 Å². The quantitative estimate of drug-likeness (QED) is 0.235. The van der Waals surface area contributed by atoms with Crippen LogP contribution < -0.4 is 17.2 Å². The first-order valence-electron chi connectivity index (χ1n) is 12.9. The van der Waals surface area contributed by atoms with E-state index in [-0.39, 0.29) is 28.3 Å². The molecule has 1 aromatic heterocycles. The second kappa shape index (κ2) is 12.4. The Labute approximate surface area is 239 Å². The lowest BCUT2D eigenvalue weighted by Crippen LogP contribution is -2.43. The van der Waals surface area contributed by atoms with Crippen LogP contribution in [0.4, 0.5) is 11.6 Å². The van der Waals surface area contributed by atoms with E-state index in [1.54, 1.807) is 66.7 Å². The molecule has 4 unspecified atom stereocenters. The molecule has 42 heavy (non-hydrogen) atoms. The fraction of sp³-hybridized carbons (Fsp3) is 0.167. The molecule has 4 atom stereocenters. The second-order valence-electron chi connectivity index (χ2n) is 9.26. The monoisotopic (exact) mass is 570 g/mol. The number of hydrogen-bond acceptors (Lipinski definition) is 11. The summed E-state index contributed by atoms with van der Waals surface area (Å²) in [4.78, 5) is 55.8. The Bertz CT molecular complexity index is 1630. The van der Waals surface area contributed by atoms with Gasteiger partial charge in [0, 0.05) is 6.07 Å². The summed E-state index contributed by atoms with van der Waals surface area (Å²) in [6.45, 7) is -0.423. The number of carbonyl (C=O) groups excluding carboxylic acids is 3. The molecule has 12 nitrogen and oxygen atoms in total. The fourth-order valence-corrected chi connectivity index (χ4v) is 4.45. The van der Waals surface area contributed by atoms with Crippen molar-refractivity contribution in [2.24, 2.45) is 0 Å². The zero-order chi connectivity index (χ0) is 29.6. The van der Waals surface area contributed by atoms with Crippen molar-refractivity contribution in [2.75, 3.05) is 18.1 Å². The second-order valence-corrected chi connectivity index (χ2v) is 9.26. The van der Waals surface area contributed by atoms with Gasteiger partial charge in [-0.1, -0.05) is 54.6 Å². The van der Waals surface area contributed by atoms with Crippen molar-refractivity contribution in [3.8, 4) is 0 Å². The van der Waals surface area contributed by atoms with Gasteiger partial charge in [0.1, 0.15) is 24.3 Å². The van der Waals surface area contributed by atoms with E-state index < -0.39 is 54.7 Å². The number of anilines is 2. The van der Waals surface area contributed by atoms with Crippen molar-refractivity contribution < 1.29 is 33.3 Å². The molecule has 2 heterocycles. The van der Waals surface area contributed by atoms with Crippen molar-refractivity contribution in [2.45, 2.75) is 24.5 Å². The maximum absolute atomic E-state index is 13.2. The zero-order valence-electron chi connectivity index (χ0n) is 22.1. The number of nitrogens with two attached hydrogens (primary N) is 2. The number of carbonyl (C=O) groups is 3. The molecule has 0 spiro atoms. The van der Waals surface area contributed by atoms with Gasteiger partial charge in [0.15, 0.2) is 18.4 Å². The van der Waals surface area contributed by atoms with Crippen molar-refractivity contribution in [1.82, 2.24) is 9.55 Å². The third-order valence-electron chi connectivity index (χ3n) is 6.44. The Hall–Kier alpha value is -5.49. The highest BCUT2D eigenvalue weighted by atomic mass is 16.7. The predicted molar refractivity (Wildman–Crippen MR) is 149 cm³/mol. The molecule has 1 saturated heterocycles. The predicted octanol–water partition coefficient (Wildman–Crippen LogP) is 2.61. The maximum Gasteiger partial charge on any atom is 0.353 e. The molecule has 0 aliphatic carbocycles. The van der Waals surface area contributed by atoms with Gasteiger partial charge >= 0.3 is 23.6 Å². The summed E-state index contributed by atoms with van der Waals surface area (Å²) in [5.74, 6) is -2.49. The minimum Gasteiger partial charge on any atom is -0.459 e. The van der Waals surface area contributed by atoms with Gasteiger partial charge in [-0.25, -0.2) is 23.7 Å². The van der Waals surface area contributed by atoms with Crippen LogP contribution in [0.3, 0.4) is 0 Å². The first-order chi connectivity index (χ1) is 20.3. The first kappa shape index (κ1) is 28.1. The smallest absolute Gasteiger partial charge is 0.353 e. The molecule has 0 bridgehead atoms. The number of hydrogen-bond donors (Lipinski definition) is 2. The Morgan fingerprint density at radius 2 is 1.21 bits per heavy atom. The van der Waals surface area contributed by atoms with Crippen LogP contribution in [-0.4, -0.2) is 52.4 Å². The highest BCUT2D eigenvalue weighted by Crippen LogP contribution is 2.36. The van der Waals surface area contributed by atoms with Crippen LogP contribution in [0.1, 0.15) is 37.3 Å². The van der Waals surface area contributed by atoms with Gasteiger partial charge in [-0.3, -0.25) is 0 Å². The average Bonchev–Trinajstić information content (AvgIpc) is 3.32. The summed E-state index contributed by atoms with van der Waals surface area (Å²) in [7, 11) is 0. The van der Waals surface area contributed by atoms with Crippen LogP contribution in [0.15, 0.2) is 102 Å². The summed E-state index contributed by atoms with van der Waals surface area (Å²) < 4.78 is 24.2. The average molecular weight is 571 g/mol. The lowest BCUT2D eigenvalue weighted by Gasteiger charge is -2.25. The molecule has 1 fully saturated rings. The molecule has 1 aliphatic heterocycles. The van der Waals surface area contributed by atoms with Gasteiger partial charge in [0.05, 0.1) is 16.7 Å². The molecule has 0 amide bonds. The van der Waals surface area contributed by atoms with E-state index in [2.05, 4.69) is 4.98 Å². The summed E-state index contributed by atoms with van der Waals surface area (Å²) in [6, 6.07) is 25.6. The van der Waals surface area contributed by atoms with Gasteiger partial charge < -0.3 is 30.4 Å². The molecule has 1 aliphatic rings. The molecule has 5 rings (SSSR count). The lowest BCUT2D eigenvalue weighted by molar-refractivity contribution is -0.0629. The van der Waals surface area contributed by atoms with Crippen LogP contribution in [0.25, 0.3) is 0 Å². The third-order valence-corrected chi connectivity index (χ3v) is 6.44. The number of benzene rings is 3. The van der Waals surface area contributed by atoms with Gasteiger partial charge in [-0.05, 0) is 36.4 Å². The molecule has 12 heteroatoms. The molecule has 4 aromatic rings. The van der Waals surface area contributed by atoms with Gasteiger partial charge in [-0.15, -0.1) is 0 Å². The van der Waals surface area contributed by atoms with Gasteiger partial charge in [0.25, 0.3) is 0 Å². The van der Waals surface area contributed by atoms with Crippen molar-refractivity contribution in [1.29, 1.82) is 0 Å². The fourth-order valence-electron chi connectivity index (χ4n) is 4.45. The molecular weight excluding hydrogens is 544 g/mol. The van der Waals surface area contributed by atoms with Crippen LogP contribution in [0, 0.1) is 0 Å². The van der Waals surface area contributed by atoms with E-state index >= 15 is 0 Å². The molecule has 0 saturated carbocycles. The number of aromatic nitrogens is 2. The number of rotatable bonds is 8. The van der Waals surface area contributed by atoms with E-state index in [0.29, 0.717) is 0 Å².